The van der Waals surface area contributed by atoms with Crippen molar-refractivity contribution < 1.29 is 13.2 Å². The lowest BCUT2D eigenvalue weighted by Crippen LogP contribution is -2.43. The second-order valence-electron chi connectivity index (χ2n) is 6.22. The predicted octanol–water partition coefficient (Wildman–Crippen LogP) is 2.34. The highest BCUT2D eigenvalue weighted by Crippen LogP contribution is 2.34. The molecule has 1 aliphatic carbocycles. The smallest absolute Gasteiger partial charge is 0.317 e. The standard InChI is InChI=1S/C16H24N2O3S/c1-11-9-13(5-8-15(11)22(4,20)21)10-17-16(19)18(3)12(2)14-6-7-14/h5,8-9,12,14H,6-7,10H2,1-4H3,(H,17,19)/t12-/m0/s1. The molecule has 0 bridgehead atoms. The van der Waals surface area contributed by atoms with Gasteiger partial charge in [-0.3, -0.25) is 0 Å². The summed E-state index contributed by atoms with van der Waals surface area (Å²) < 4.78 is 23.2. The summed E-state index contributed by atoms with van der Waals surface area (Å²) in [6.45, 7) is 4.23. The Morgan fingerprint density at radius 3 is 2.55 bits per heavy atom. The molecule has 122 valence electrons. The molecule has 1 saturated carbocycles. The lowest BCUT2D eigenvalue weighted by Gasteiger charge is -2.25. The number of hydrogen-bond acceptors (Lipinski definition) is 3. The van der Waals surface area contributed by atoms with Gasteiger partial charge in [0.05, 0.1) is 4.90 Å². The maximum Gasteiger partial charge on any atom is 0.317 e. The fraction of sp³-hybridized carbons (Fsp3) is 0.562. The van der Waals surface area contributed by atoms with Gasteiger partial charge in [-0.25, -0.2) is 13.2 Å². The van der Waals surface area contributed by atoms with Gasteiger partial charge < -0.3 is 10.2 Å². The zero-order chi connectivity index (χ0) is 16.5. The van der Waals surface area contributed by atoms with Crippen LogP contribution in [0.4, 0.5) is 4.79 Å². The molecule has 0 radical (unpaired) electrons. The van der Waals surface area contributed by atoms with Crippen LogP contribution in [0.2, 0.25) is 0 Å². The molecule has 1 fully saturated rings. The van der Waals surface area contributed by atoms with Gasteiger partial charge in [-0.2, -0.15) is 0 Å². The van der Waals surface area contributed by atoms with Crippen LogP contribution in [-0.2, 0) is 16.4 Å². The van der Waals surface area contributed by atoms with Crippen LogP contribution < -0.4 is 5.32 Å². The minimum absolute atomic E-state index is 0.0933. The maximum atomic E-state index is 12.1. The Bertz CT molecular complexity index is 666. The summed E-state index contributed by atoms with van der Waals surface area (Å²) in [5.74, 6) is 0.632. The van der Waals surface area contributed by atoms with Crippen LogP contribution in [0.3, 0.4) is 0 Å². The highest BCUT2D eigenvalue weighted by molar-refractivity contribution is 7.90. The molecule has 0 aromatic heterocycles. The van der Waals surface area contributed by atoms with Crippen molar-refractivity contribution in [1.82, 2.24) is 10.2 Å². The summed E-state index contributed by atoms with van der Waals surface area (Å²) in [6, 6.07) is 5.32. The number of benzene rings is 1. The third-order valence-corrected chi connectivity index (χ3v) is 5.58. The molecule has 1 atom stereocenters. The van der Waals surface area contributed by atoms with Crippen molar-refractivity contribution in [3.05, 3.63) is 29.3 Å². The molecular weight excluding hydrogens is 300 g/mol. The van der Waals surface area contributed by atoms with Crippen LogP contribution in [0.25, 0.3) is 0 Å². The molecule has 0 aliphatic heterocycles. The van der Waals surface area contributed by atoms with E-state index in [1.165, 1.54) is 19.1 Å². The van der Waals surface area contributed by atoms with E-state index in [-0.39, 0.29) is 12.1 Å². The molecule has 2 amide bonds. The van der Waals surface area contributed by atoms with E-state index in [1.807, 2.05) is 7.05 Å². The number of aryl methyl sites for hydroxylation is 1. The average molecular weight is 324 g/mol. The van der Waals surface area contributed by atoms with E-state index >= 15 is 0 Å². The SMILES string of the molecule is Cc1cc(CNC(=O)N(C)[C@@H](C)C2CC2)ccc1S(C)(=O)=O. The van der Waals surface area contributed by atoms with Crippen molar-refractivity contribution in [3.8, 4) is 0 Å². The maximum absolute atomic E-state index is 12.1. The fourth-order valence-corrected chi connectivity index (χ4v) is 3.58. The van der Waals surface area contributed by atoms with Crippen molar-refractivity contribution in [2.24, 2.45) is 5.92 Å². The van der Waals surface area contributed by atoms with Gasteiger partial charge in [-0.1, -0.05) is 12.1 Å². The van der Waals surface area contributed by atoms with Crippen molar-refractivity contribution in [1.29, 1.82) is 0 Å². The summed E-state index contributed by atoms with van der Waals surface area (Å²) in [7, 11) is -1.39. The molecule has 6 heteroatoms. The lowest BCUT2D eigenvalue weighted by molar-refractivity contribution is 0.187. The van der Waals surface area contributed by atoms with Gasteiger partial charge in [0, 0.05) is 25.9 Å². The summed E-state index contributed by atoms with van der Waals surface area (Å²) in [5.41, 5.74) is 1.60. The predicted molar refractivity (Wildman–Crippen MR) is 86.5 cm³/mol. The highest BCUT2D eigenvalue weighted by atomic mass is 32.2. The minimum Gasteiger partial charge on any atom is -0.334 e. The van der Waals surface area contributed by atoms with Crippen LogP contribution in [0, 0.1) is 12.8 Å². The molecular formula is C16H24N2O3S. The van der Waals surface area contributed by atoms with Crippen molar-refractivity contribution in [2.45, 2.75) is 44.2 Å². The summed E-state index contributed by atoms with van der Waals surface area (Å²) in [5, 5.41) is 2.89. The molecule has 1 aromatic rings. The van der Waals surface area contributed by atoms with Crippen LogP contribution in [0.5, 0.6) is 0 Å². The van der Waals surface area contributed by atoms with Crippen LogP contribution in [-0.4, -0.2) is 38.7 Å². The first kappa shape index (κ1) is 16.8. The number of rotatable bonds is 5. The normalized spacial score (nSPS) is 16.2. The Morgan fingerprint density at radius 1 is 1.41 bits per heavy atom. The lowest BCUT2D eigenvalue weighted by atomic mass is 10.1. The molecule has 2 rings (SSSR count). The minimum atomic E-state index is -3.20. The van der Waals surface area contributed by atoms with Gasteiger partial charge in [0.2, 0.25) is 0 Å². The van der Waals surface area contributed by atoms with Crippen LogP contribution in [0.1, 0.15) is 30.9 Å². The van der Waals surface area contributed by atoms with Crippen molar-refractivity contribution in [3.63, 3.8) is 0 Å². The Morgan fingerprint density at radius 2 is 2.05 bits per heavy atom. The third-order valence-electron chi connectivity index (χ3n) is 4.32. The summed E-state index contributed by atoms with van der Waals surface area (Å²) in [6.07, 6.45) is 3.60. The number of urea groups is 1. The highest BCUT2D eigenvalue weighted by Gasteiger charge is 2.32. The number of nitrogens with zero attached hydrogens (tertiary/aromatic N) is 1. The Balaban J connectivity index is 1.96. The van der Waals surface area contributed by atoms with Gasteiger partial charge >= 0.3 is 6.03 Å². The molecule has 0 saturated heterocycles. The molecule has 22 heavy (non-hydrogen) atoms. The van der Waals surface area contributed by atoms with Gasteiger partial charge in [-0.15, -0.1) is 0 Å². The monoisotopic (exact) mass is 324 g/mol. The Hall–Kier alpha value is -1.56. The number of sulfone groups is 1. The molecule has 1 aliphatic rings. The van der Waals surface area contributed by atoms with Crippen molar-refractivity contribution in [2.75, 3.05) is 13.3 Å². The zero-order valence-corrected chi connectivity index (χ0v) is 14.4. The molecule has 0 unspecified atom stereocenters. The Labute approximate surface area is 132 Å². The topological polar surface area (TPSA) is 66.5 Å². The molecule has 5 nitrogen and oxygen atoms in total. The van der Waals surface area contributed by atoms with E-state index in [2.05, 4.69) is 12.2 Å². The third kappa shape index (κ3) is 4.00. The number of carbonyl (C=O) groups excluding carboxylic acids is 1. The first-order valence-electron chi connectivity index (χ1n) is 7.50. The fourth-order valence-electron chi connectivity index (χ4n) is 2.62. The first-order chi connectivity index (χ1) is 10.2. The van der Waals surface area contributed by atoms with E-state index in [4.69, 9.17) is 0 Å². The largest absolute Gasteiger partial charge is 0.334 e. The van der Waals surface area contributed by atoms with Gasteiger partial charge in [0.1, 0.15) is 0 Å². The number of amides is 2. The molecule has 1 aromatic carbocycles. The second kappa shape index (κ2) is 6.28. The zero-order valence-electron chi connectivity index (χ0n) is 13.6. The van der Waals surface area contributed by atoms with E-state index < -0.39 is 9.84 Å². The molecule has 1 N–H and O–H groups in total. The number of nitrogens with one attached hydrogen (secondary N) is 1. The van der Waals surface area contributed by atoms with Gasteiger partial charge in [0.25, 0.3) is 0 Å². The van der Waals surface area contributed by atoms with E-state index in [9.17, 15) is 13.2 Å². The first-order valence-corrected chi connectivity index (χ1v) is 9.39. The summed E-state index contributed by atoms with van der Waals surface area (Å²) in [4.78, 5) is 14.2. The van der Waals surface area contributed by atoms with Crippen LogP contribution in [0.15, 0.2) is 23.1 Å². The summed E-state index contributed by atoms with van der Waals surface area (Å²) >= 11 is 0. The van der Waals surface area contributed by atoms with E-state index in [1.54, 1.807) is 30.0 Å². The molecule has 0 spiro atoms. The number of carbonyl (C=O) groups is 1. The van der Waals surface area contributed by atoms with Crippen LogP contribution >= 0.6 is 0 Å². The number of hydrogen-bond donors (Lipinski definition) is 1. The Kier molecular flexibility index (Phi) is 4.80. The van der Waals surface area contributed by atoms with E-state index in [0.29, 0.717) is 22.9 Å². The van der Waals surface area contributed by atoms with Gasteiger partial charge in [-0.05, 0) is 49.8 Å². The van der Waals surface area contributed by atoms with Crippen molar-refractivity contribution >= 4 is 15.9 Å². The second-order valence-corrected chi connectivity index (χ2v) is 8.20. The molecule has 0 heterocycles. The van der Waals surface area contributed by atoms with E-state index in [0.717, 1.165) is 5.56 Å². The van der Waals surface area contributed by atoms with Gasteiger partial charge in [0.15, 0.2) is 9.84 Å². The quantitative estimate of drug-likeness (QED) is 0.904. The average Bonchev–Trinajstić information content (AvgIpc) is 3.26.